The molecule has 1 N–H and O–H groups in total. The second-order valence-electron chi connectivity index (χ2n) is 5.25. The van der Waals surface area contributed by atoms with Crippen molar-refractivity contribution in [2.45, 2.75) is 25.2 Å². The van der Waals surface area contributed by atoms with Gasteiger partial charge >= 0.3 is 0 Å². The maximum absolute atomic E-state index is 14.4. The molecule has 0 unspecified atom stereocenters. The monoisotopic (exact) mass is 265 g/mol. The summed E-state index contributed by atoms with van der Waals surface area (Å²) in [7, 11) is 0. The molecule has 0 bridgehead atoms. The van der Waals surface area contributed by atoms with Crippen LogP contribution in [0.2, 0.25) is 0 Å². The lowest BCUT2D eigenvalue weighted by Crippen LogP contribution is -2.30. The number of piperidine rings is 1. The largest absolute Gasteiger partial charge is 0.464 e. The molecule has 3 rings (SSSR count). The van der Waals surface area contributed by atoms with E-state index in [4.69, 9.17) is 4.42 Å². The Bertz CT molecular complexity index is 558. The van der Waals surface area contributed by atoms with Crippen LogP contribution in [0.1, 0.15) is 24.8 Å². The molecule has 0 saturated carbocycles. The molecule has 2 aromatic rings. The van der Waals surface area contributed by atoms with Gasteiger partial charge in [0.25, 0.3) is 5.92 Å². The van der Waals surface area contributed by atoms with Gasteiger partial charge in [0, 0.05) is 11.8 Å². The summed E-state index contributed by atoms with van der Waals surface area (Å²) in [6.07, 6.45) is 2.78. The first-order valence-electron chi connectivity index (χ1n) is 6.72. The highest BCUT2D eigenvalue weighted by Gasteiger charge is 2.37. The number of rotatable bonds is 3. The van der Waals surface area contributed by atoms with Crippen LogP contribution >= 0.6 is 0 Å². The molecular formula is C15H17F2NO. The van der Waals surface area contributed by atoms with Crippen LogP contribution < -0.4 is 5.32 Å². The number of fused-ring (bicyclic) bond motifs is 1. The lowest BCUT2D eigenvalue weighted by molar-refractivity contribution is -0.0318. The van der Waals surface area contributed by atoms with E-state index in [1.165, 1.54) is 6.26 Å². The Hall–Kier alpha value is -1.42. The second kappa shape index (κ2) is 4.93. The number of halogens is 2. The van der Waals surface area contributed by atoms with Gasteiger partial charge in [0.1, 0.15) is 11.8 Å². The molecule has 19 heavy (non-hydrogen) atoms. The number of nitrogens with one attached hydrogen (secondary N) is 1. The van der Waals surface area contributed by atoms with Crippen LogP contribution in [0.15, 0.2) is 34.9 Å². The molecule has 1 fully saturated rings. The van der Waals surface area contributed by atoms with Gasteiger partial charge in [-0.1, -0.05) is 18.2 Å². The molecule has 0 atom stereocenters. The number of alkyl halides is 2. The average molecular weight is 265 g/mol. The van der Waals surface area contributed by atoms with Crippen molar-refractivity contribution in [1.82, 2.24) is 5.32 Å². The standard InChI is InChI=1S/C15H17F2NO/c16-15(17,9-11-5-7-18-8-6-11)13-10-19-14-4-2-1-3-12(13)14/h1-4,10-11,18H,5-9H2. The average Bonchev–Trinajstić information content (AvgIpc) is 2.84. The Morgan fingerprint density at radius 1 is 1.21 bits per heavy atom. The van der Waals surface area contributed by atoms with Crippen LogP contribution in [-0.4, -0.2) is 13.1 Å². The van der Waals surface area contributed by atoms with Crippen molar-refractivity contribution >= 4 is 11.0 Å². The number of hydrogen-bond donors (Lipinski definition) is 1. The third-order valence-corrected chi connectivity index (χ3v) is 3.88. The van der Waals surface area contributed by atoms with Crippen molar-refractivity contribution in [1.29, 1.82) is 0 Å². The molecule has 1 aromatic carbocycles. The highest BCUT2D eigenvalue weighted by atomic mass is 19.3. The molecule has 1 aliphatic heterocycles. The Morgan fingerprint density at radius 3 is 2.74 bits per heavy atom. The van der Waals surface area contributed by atoms with Gasteiger partial charge in [-0.25, -0.2) is 8.78 Å². The van der Waals surface area contributed by atoms with Gasteiger partial charge in [0.15, 0.2) is 0 Å². The molecule has 102 valence electrons. The van der Waals surface area contributed by atoms with Crippen LogP contribution in [0, 0.1) is 5.92 Å². The van der Waals surface area contributed by atoms with E-state index in [1.54, 1.807) is 24.3 Å². The van der Waals surface area contributed by atoms with Crippen molar-refractivity contribution in [3.05, 3.63) is 36.1 Å². The lowest BCUT2D eigenvalue weighted by atomic mass is 9.89. The molecule has 1 aromatic heterocycles. The molecule has 0 spiro atoms. The zero-order chi connectivity index (χ0) is 13.3. The second-order valence-corrected chi connectivity index (χ2v) is 5.25. The number of furan rings is 1. The van der Waals surface area contributed by atoms with E-state index in [0.29, 0.717) is 11.0 Å². The first-order valence-corrected chi connectivity index (χ1v) is 6.72. The van der Waals surface area contributed by atoms with Gasteiger partial charge in [0.05, 0.1) is 5.56 Å². The third kappa shape index (κ3) is 2.50. The van der Waals surface area contributed by atoms with Crippen LogP contribution in [0.4, 0.5) is 8.78 Å². The van der Waals surface area contributed by atoms with Crippen molar-refractivity contribution in [2.24, 2.45) is 5.92 Å². The summed E-state index contributed by atoms with van der Waals surface area (Å²) in [4.78, 5) is 0. The van der Waals surface area contributed by atoms with Crippen LogP contribution in [0.3, 0.4) is 0 Å². The summed E-state index contributed by atoms with van der Waals surface area (Å²) in [5.74, 6) is -2.72. The third-order valence-electron chi connectivity index (χ3n) is 3.88. The number of benzene rings is 1. The van der Waals surface area contributed by atoms with E-state index in [-0.39, 0.29) is 17.9 Å². The van der Waals surface area contributed by atoms with E-state index in [0.717, 1.165) is 25.9 Å². The molecule has 2 nitrogen and oxygen atoms in total. The summed E-state index contributed by atoms with van der Waals surface area (Å²) >= 11 is 0. The smallest absolute Gasteiger partial charge is 0.277 e. The zero-order valence-electron chi connectivity index (χ0n) is 10.7. The summed E-state index contributed by atoms with van der Waals surface area (Å²) in [5, 5.41) is 3.73. The SMILES string of the molecule is FC(F)(CC1CCNCC1)c1coc2ccccc12. The van der Waals surface area contributed by atoms with E-state index < -0.39 is 5.92 Å². The lowest BCUT2D eigenvalue weighted by Gasteiger charge is -2.26. The fourth-order valence-electron chi connectivity index (χ4n) is 2.82. The molecule has 0 amide bonds. The molecule has 1 aliphatic rings. The molecule has 2 heterocycles. The van der Waals surface area contributed by atoms with Gasteiger partial charge in [0.2, 0.25) is 0 Å². The van der Waals surface area contributed by atoms with E-state index in [2.05, 4.69) is 5.32 Å². The highest BCUT2D eigenvalue weighted by molar-refractivity contribution is 5.81. The van der Waals surface area contributed by atoms with Gasteiger partial charge in [-0.3, -0.25) is 0 Å². The predicted molar refractivity (Wildman–Crippen MR) is 70.3 cm³/mol. The van der Waals surface area contributed by atoms with E-state index in [1.807, 2.05) is 0 Å². The van der Waals surface area contributed by atoms with Crippen LogP contribution in [-0.2, 0) is 5.92 Å². The summed E-state index contributed by atoms with van der Waals surface area (Å²) < 4.78 is 34.1. The molecular weight excluding hydrogens is 248 g/mol. The minimum atomic E-state index is -2.81. The number of hydrogen-bond acceptors (Lipinski definition) is 2. The van der Waals surface area contributed by atoms with Gasteiger partial charge in [-0.05, 0) is 37.9 Å². The van der Waals surface area contributed by atoms with Crippen molar-refractivity contribution < 1.29 is 13.2 Å². The molecule has 0 radical (unpaired) electrons. The maximum atomic E-state index is 14.4. The van der Waals surface area contributed by atoms with Gasteiger partial charge in [-0.15, -0.1) is 0 Å². The maximum Gasteiger partial charge on any atom is 0.277 e. The molecule has 1 saturated heterocycles. The summed E-state index contributed by atoms with van der Waals surface area (Å²) in [5.41, 5.74) is 0.559. The topological polar surface area (TPSA) is 25.2 Å². The minimum Gasteiger partial charge on any atom is -0.464 e. The fourth-order valence-corrected chi connectivity index (χ4v) is 2.82. The molecule has 4 heteroatoms. The predicted octanol–water partition coefficient (Wildman–Crippen LogP) is 3.91. The quantitative estimate of drug-likeness (QED) is 0.910. The van der Waals surface area contributed by atoms with Crippen LogP contribution in [0.5, 0.6) is 0 Å². The van der Waals surface area contributed by atoms with Gasteiger partial charge < -0.3 is 9.73 Å². The Kier molecular flexibility index (Phi) is 3.27. The summed E-state index contributed by atoms with van der Waals surface area (Å²) in [6, 6.07) is 6.98. The van der Waals surface area contributed by atoms with Crippen molar-refractivity contribution in [3.8, 4) is 0 Å². The van der Waals surface area contributed by atoms with Gasteiger partial charge in [-0.2, -0.15) is 0 Å². The zero-order valence-corrected chi connectivity index (χ0v) is 10.7. The Morgan fingerprint density at radius 2 is 1.95 bits per heavy atom. The Balaban J connectivity index is 1.86. The fraction of sp³-hybridized carbons (Fsp3) is 0.467. The van der Waals surface area contributed by atoms with E-state index >= 15 is 0 Å². The van der Waals surface area contributed by atoms with Crippen LogP contribution in [0.25, 0.3) is 11.0 Å². The van der Waals surface area contributed by atoms with Crippen molar-refractivity contribution in [2.75, 3.05) is 13.1 Å². The van der Waals surface area contributed by atoms with E-state index in [9.17, 15) is 8.78 Å². The highest BCUT2D eigenvalue weighted by Crippen LogP contribution is 2.41. The van der Waals surface area contributed by atoms with Crippen molar-refractivity contribution in [3.63, 3.8) is 0 Å². The molecule has 0 aliphatic carbocycles. The minimum absolute atomic E-state index is 0.0293. The summed E-state index contributed by atoms with van der Waals surface area (Å²) in [6.45, 7) is 1.68. The Labute approximate surface area is 110 Å². The number of para-hydroxylation sites is 1. The normalized spacial score (nSPS) is 18.0. The first kappa shape index (κ1) is 12.6. The first-order chi connectivity index (χ1) is 9.17.